The maximum atomic E-state index is 15.5. The predicted molar refractivity (Wildman–Crippen MR) is 464 cm³/mol. The molecule has 6 aliphatic rings. The fourth-order valence-corrected chi connectivity index (χ4v) is 32.2. The smallest absolute Gasteiger partial charge is 0.338 e. The van der Waals surface area contributed by atoms with Crippen molar-refractivity contribution in [1.82, 2.24) is 0 Å². The second kappa shape index (κ2) is 37.2. The summed E-state index contributed by atoms with van der Waals surface area (Å²) in [7, 11) is -1.43. The van der Waals surface area contributed by atoms with E-state index in [1.807, 2.05) is 109 Å². The molecular weight excluding hydrogens is 1610 g/mol. The van der Waals surface area contributed by atoms with Crippen LogP contribution in [0.1, 0.15) is 114 Å². The van der Waals surface area contributed by atoms with Crippen LogP contribution in [-0.2, 0) is 103 Å². The zero-order chi connectivity index (χ0) is 87.5. The van der Waals surface area contributed by atoms with Gasteiger partial charge in [-0.15, -0.1) is 0 Å². The zero-order valence-corrected chi connectivity index (χ0v) is 77.1. The number of fused-ring (bicyclic) bond motifs is 3. The number of rotatable bonds is 31. The summed E-state index contributed by atoms with van der Waals surface area (Å²) in [4.78, 5) is 18.6. The molecule has 0 bridgehead atoms. The average Bonchev–Trinajstić information content (AvgIpc) is 0.718. The first-order valence-corrected chi connectivity index (χ1v) is 47.6. The minimum atomic E-state index is -3.52. The van der Waals surface area contributed by atoms with Crippen LogP contribution in [0.25, 0.3) is 10.4 Å². The summed E-state index contributed by atoms with van der Waals surface area (Å²) in [6, 6.07) is 69.9. The van der Waals surface area contributed by atoms with E-state index in [0.29, 0.717) is 0 Å². The number of ether oxygens (including phenoxy) is 19. The number of nitrogens with zero attached hydrogens (tertiary/aromatic N) is 3. The molecule has 29 heteroatoms. The molecule has 7 aromatic carbocycles. The van der Waals surface area contributed by atoms with Gasteiger partial charge < -0.3 is 103 Å². The summed E-state index contributed by atoms with van der Waals surface area (Å²) >= 11 is 0. The van der Waals surface area contributed by atoms with Crippen LogP contribution in [0.4, 0.5) is 0 Å². The Labute approximate surface area is 721 Å². The van der Waals surface area contributed by atoms with Gasteiger partial charge in [0.15, 0.2) is 25.0 Å². The molecular formula is C93H123N3O23Si3. The van der Waals surface area contributed by atoms with Crippen molar-refractivity contribution < 1.29 is 108 Å². The number of carbonyl (C=O) groups is 1. The maximum absolute atomic E-state index is 15.5. The summed E-state index contributed by atoms with van der Waals surface area (Å²) in [6.45, 7) is 29.1. The van der Waals surface area contributed by atoms with Crippen molar-refractivity contribution in [2.45, 2.75) is 246 Å². The molecule has 0 aliphatic carbocycles. The monoisotopic (exact) mass is 1730 g/mol. The van der Waals surface area contributed by atoms with Crippen LogP contribution in [0.15, 0.2) is 217 Å². The van der Waals surface area contributed by atoms with E-state index >= 15 is 4.79 Å². The fourth-order valence-electron chi connectivity index (χ4n) is 18.5. The first-order chi connectivity index (χ1) is 58.1. The second-order valence-electron chi connectivity index (χ2n) is 35.7. The van der Waals surface area contributed by atoms with E-state index < -0.39 is 173 Å². The van der Waals surface area contributed by atoms with Gasteiger partial charge in [-0.2, -0.15) is 0 Å². The molecule has 13 rings (SSSR count). The van der Waals surface area contributed by atoms with Gasteiger partial charge in [-0.3, -0.25) is 0 Å². The van der Waals surface area contributed by atoms with Gasteiger partial charge in [-0.1, -0.05) is 268 Å². The minimum absolute atomic E-state index is 0.108. The predicted octanol–water partition coefficient (Wildman–Crippen LogP) is 11.7. The van der Waals surface area contributed by atoms with Gasteiger partial charge in [0.2, 0.25) is 34.7 Å². The molecule has 6 aliphatic heterocycles. The molecule has 122 heavy (non-hydrogen) atoms. The Morgan fingerprint density at radius 3 is 0.861 bits per heavy atom. The Morgan fingerprint density at radius 1 is 0.361 bits per heavy atom. The Morgan fingerprint density at radius 2 is 0.598 bits per heavy atom. The van der Waals surface area contributed by atoms with E-state index in [1.165, 1.54) is 42.7 Å². The van der Waals surface area contributed by atoms with Crippen LogP contribution in [-0.4, -0.2) is 233 Å². The Hall–Kier alpha value is -6.87. The third kappa shape index (κ3) is 17.3. The van der Waals surface area contributed by atoms with Crippen molar-refractivity contribution in [3.8, 4) is 0 Å². The topological polar surface area (TPSA) is 269 Å². The normalized spacial score (nSPS) is 32.7. The zero-order valence-electron chi connectivity index (χ0n) is 74.1. The summed E-state index contributed by atoms with van der Waals surface area (Å²) in [5.74, 6) is -11.1. The fraction of sp³-hybridized carbons (Fsp3) is 0.538. The lowest BCUT2D eigenvalue weighted by Gasteiger charge is -2.60. The number of hydrogen-bond donors (Lipinski definition) is 0. The number of esters is 1. The van der Waals surface area contributed by atoms with E-state index in [0.717, 1.165) is 31.1 Å². The van der Waals surface area contributed by atoms with E-state index in [2.05, 4.69) is 145 Å². The minimum Gasteiger partial charge on any atom is -0.450 e. The molecule has 0 aromatic heterocycles. The molecule has 26 nitrogen and oxygen atoms in total. The molecule has 6 fully saturated rings. The second-order valence-corrected chi connectivity index (χ2v) is 48.6. The van der Waals surface area contributed by atoms with E-state index in [4.69, 9.17) is 103 Å². The molecule has 0 saturated carbocycles. The van der Waals surface area contributed by atoms with E-state index in [9.17, 15) is 5.53 Å². The third-order valence-corrected chi connectivity index (χ3v) is 40.8. The van der Waals surface area contributed by atoms with Gasteiger partial charge >= 0.3 is 5.97 Å². The molecule has 0 amide bonds. The molecule has 6 heterocycles. The standard InChI is InChI=1S/C93H123N3O23Si3/c1-85(2,3)120(63-45-31-23-32-46-63,64-47-33-24-34-48-64)105-59-69-72-75(117-91(13,101-19)88(10,98-16)114-72)78(82(108-69)104-58-57-95-96-94)112-84-80(77-74(116-90(12,100-18)93(15,103-21)119-77)71(110-84)61-107-122(87(7,8)9,67-53-39-27-40-54-67)68-55-41-28-42-56-68)113-83-79(111-81(97)62-43-29-22-30-44-62)76-73(115-89(11,99-17)92(14,102-20)118-76)70(109-83)60-106-121(86(4,5)6,65-49-35-25-36-50-65)66-51-37-26-38-52-66/h22-56,69-80,82-84H,57-61H2,1-21H3/t69?,70?,71?,72-,73-,74-,75+,76+,77+,78-,79-,80-,82?,83?,84?,88+,89+,90+,91?,92?,93?/m1/s1. The first kappa shape index (κ1) is 92.8. The molecule has 660 valence electrons. The van der Waals surface area contributed by atoms with Gasteiger partial charge in [0.05, 0.1) is 32.0 Å². The molecule has 7 aromatic rings. The molecule has 0 radical (unpaired) electrons. The van der Waals surface area contributed by atoms with Gasteiger partial charge in [0.25, 0.3) is 25.0 Å². The number of carbonyl (C=O) groups excluding carboxylic acids is 1. The number of hydrogen-bond acceptors (Lipinski definition) is 24. The lowest BCUT2D eigenvalue weighted by atomic mass is 9.92. The molecule has 21 atom stereocenters. The van der Waals surface area contributed by atoms with Crippen molar-refractivity contribution in [2.24, 2.45) is 5.11 Å². The van der Waals surface area contributed by atoms with Crippen LogP contribution in [0.5, 0.6) is 0 Å². The Bertz CT molecular complexity index is 4490. The van der Waals surface area contributed by atoms with Crippen LogP contribution in [0.3, 0.4) is 0 Å². The number of methoxy groups -OCH3 is 6. The lowest BCUT2D eigenvalue weighted by Crippen LogP contribution is -2.77. The largest absolute Gasteiger partial charge is 0.450 e. The molecule has 6 saturated heterocycles. The highest BCUT2D eigenvalue weighted by Crippen LogP contribution is 2.52. The summed E-state index contributed by atoms with van der Waals surface area (Å²) < 4.78 is 160. The molecule has 0 spiro atoms. The van der Waals surface area contributed by atoms with Gasteiger partial charge in [0.1, 0.15) is 67.1 Å². The van der Waals surface area contributed by atoms with Gasteiger partial charge in [-0.05, 0) is 105 Å². The highest BCUT2D eigenvalue weighted by Gasteiger charge is 2.70. The van der Waals surface area contributed by atoms with E-state index in [1.54, 1.807) is 71.9 Å². The van der Waals surface area contributed by atoms with Crippen molar-refractivity contribution in [2.75, 3.05) is 75.6 Å². The summed E-state index contributed by atoms with van der Waals surface area (Å²) in [5.41, 5.74) is 10.1. The highest BCUT2D eigenvalue weighted by molar-refractivity contribution is 7.00. The van der Waals surface area contributed by atoms with Crippen molar-refractivity contribution in [3.05, 3.63) is 228 Å². The van der Waals surface area contributed by atoms with Gasteiger partial charge in [-0.25, -0.2) is 4.79 Å². The van der Waals surface area contributed by atoms with Crippen LogP contribution in [0, 0.1) is 0 Å². The van der Waals surface area contributed by atoms with Crippen molar-refractivity contribution in [1.29, 1.82) is 0 Å². The summed E-state index contributed by atoms with van der Waals surface area (Å²) in [6.07, 6.45) is -20.9. The van der Waals surface area contributed by atoms with Crippen molar-refractivity contribution in [3.63, 3.8) is 0 Å². The van der Waals surface area contributed by atoms with Crippen molar-refractivity contribution >= 4 is 62.0 Å². The number of azide groups is 1. The van der Waals surface area contributed by atoms with E-state index in [-0.39, 0.29) is 38.5 Å². The first-order valence-electron chi connectivity index (χ1n) is 41.9. The molecule has 0 N–H and O–H groups in total. The maximum Gasteiger partial charge on any atom is 0.338 e. The van der Waals surface area contributed by atoms with Crippen LogP contribution >= 0.6 is 0 Å². The SMILES string of the molecule is COC1(C)O[C@H]2[C@H](O[C@]1(C)OC)C(CO[Si](c1ccccc1)(c1ccccc1)C(C)(C)C)OC(O[C@H]1C(O[C@H]3C(OCCN=[N+]=[N-])OC(CO[Si](c4ccccc4)(c4ccccc4)C(C)(C)C)[C@H]4O[C@](C)(OC)C(C)(OC)O[C@@H]43)OC(CO[Si](c3ccccc3)(c3ccccc3)C(C)(C)C)[C@H]3O[C@](C)(OC)C(C)(OC)O[C@@H]31)[C@@H]2OC(=O)c1ccccc1. The Balaban J connectivity index is 1.02. The van der Waals surface area contributed by atoms with Gasteiger partial charge in [0, 0.05) is 54.1 Å². The Kier molecular flexibility index (Phi) is 28.3. The number of benzene rings is 7. The van der Waals surface area contributed by atoms with Crippen LogP contribution in [0.2, 0.25) is 15.1 Å². The average molecular weight is 1740 g/mol. The van der Waals surface area contributed by atoms with Crippen LogP contribution < -0.4 is 31.1 Å². The highest BCUT2D eigenvalue weighted by atomic mass is 28.4. The lowest BCUT2D eigenvalue weighted by molar-refractivity contribution is -0.505. The quantitative estimate of drug-likeness (QED) is 0.00975. The summed E-state index contributed by atoms with van der Waals surface area (Å²) in [5, 5.41) is 8.26. The molecule has 9 unspecified atom stereocenters. The third-order valence-electron chi connectivity index (χ3n) is 25.8.